The first-order chi connectivity index (χ1) is 10.4. The fraction of sp³-hybridized carbons (Fsp3) is 0.400. The number of aromatic nitrogens is 3. The summed E-state index contributed by atoms with van der Waals surface area (Å²) in [6, 6.07) is 7.50. The predicted octanol–water partition coefficient (Wildman–Crippen LogP) is 3.52. The predicted molar refractivity (Wildman–Crippen MR) is 84.2 cm³/mol. The number of allylic oxidation sites excluding steroid dienone is 1. The normalized spacial score (nSPS) is 22.4. The average Bonchev–Trinajstić information content (AvgIpc) is 2.83. The van der Waals surface area contributed by atoms with Crippen molar-refractivity contribution >= 4 is 40.2 Å². The van der Waals surface area contributed by atoms with Gasteiger partial charge in [0, 0.05) is 0 Å². The van der Waals surface area contributed by atoms with Gasteiger partial charge >= 0.3 is 5.97 Å². The van der Waals surface area contributed by atoms with Gasteiger partial charge in [0.05, 0.1) is 11.4 Å². The van der Waals surface area contributed by atoms with Crippen molar-refractivity contribution < 1.29 is 9.53 Å². The number of hydrogen-bond donors (Lipinski definition) is 0. The second kappa shape index (κ2) is 5.56. The molecular formula is C15H15Cl2N3O2. The summed E-state index contributed by atoms with van der Waals surface area (Å²) in [7, 11) is 0. The van der Waals surface area contributed by atoms with Gasteiger partial charge in [0.2, 0.25) is 0 Å². The third-order valence-corrected chi connectivity index (χ3v) is 4.47. The number of hydrogen-bond acceptors (Lipinski definition) is 4. The van der Waals surface area contributed by atoms with E-state index in [4.69, 9.17) is 27.9 Å². The molecule has 0 N–H and O–H groups in total. The molecule has 116 valence electrons. The highest BCUT2D eigenvalue weighted by Gasteiger charge is 2.61. The summed E-state index contributed by atoms with van der Waals surface area (Å²) >= 11 is 11.4. The highest BCUT2D eigenvalue weighted by Crippen LogP contribution is 2.60. The lowest BCUT2D eigenvalue weighted by Gasteiger charge is -2.06. The maximum Gasteiger partial charge on any atom is 0.311 e. The molecule has 0 aliphatic heterocycles. The SMILES string of the molecule is CC1(C)C(C=C(Cl)Cl)C1C(=O)OCn1nnc2ccccc21. The van der Waals surface area contributed by atoms with Crippen LogP contribution in [0.2, 0.25) is 0 Å². The smallest absolute Gasteiger partial charge is 0.311 e. The molecule has 1 aliphatic rings. The molecule has 0 radical (unpaired) electrons. The highest BCUT2D eigenvalue weighted by atomic mass is 35.5. The van der Waals surface area contributed by atoms with Crippen LogP contribution in [0.4, 0.5) is 0 Å². The van der Waals surface area contributed by atoms with E-state index in [0.717, 1.165) is 11.0 Å². The monoisotopic (exact) mass is 339 g/mol. The second-order valence-corrected chi connectivity index (χ2v) is 6.96. The topological polar surface area (TPSA) is 57.0 Å². The lowest BCUT2D eigenvalue weighted by atomic mass is 10.1. The fourth-order valence-electron chi connectivity index (χ4n) is 2.80. The van der Waals surface area contributed by atoms with Crippen molar-refractivity contribution in [1.82, 2.24) is 15.0 Å². The minimum Gasteiger partial charge on any atom is -0.442 e. The number of esters is 1. The van der Waals surface area contributed by atoms with E-state index in [-0.39, 0.29) is 34.4 Å². The number of ether oxygens (including phenoxy) is 1. The van der Waals surface area contributed by atoms with Gasteiger partial charge in [-0.15, -0.1) is 5.10 Å². The van der Waals surface area contributed by atoms with Crippen molar-refractivity contribution in [3.05, 3.63) is 34.8 Å². The molecule has 1 heterocycles. The Balaban J connectivity index is 1.67. The molecule has 1 aromatic carbocycles. The number of carbonyl (C=O) groups is 1. The van der Waals surface area contributed by atoms with Crippen LogP contribution in [0.1, 0.15) is 13.8 Å². The summed E-state index contributed by atoms with van der Waals surface area (Å²) in [5.74, 6) is -0.521. The molecule has 0 spiro atoms. The third-order valence-electron chi connectivity index (χ3n) is 4.22. The molecule has 0 bridgehead atoms. The van der Waals surface area contributed by atoms with Crippen LogP contribution in [0.3, 0.4) is 0 Å². The summed E-state index contributed by atoms with van der Waals surface area (Å²) in [5, 5.41) is 8.00. The van der Waals surface area contributed by atoms with Crippen LogP contribution in [-0.4, -0.2) is 21.0 Å². The zero-order chi connectivity index (χ0) is 15.9. The molecular weight excluding hydrogens is 325 g/mol. The number of benzene rings is 1. The Morgan fingerprint density at radius 3 is 2.86 bits per heavy atom. The van der Waals surface area contributed by atoms with Crippen molar-refractivity contribution in [1.29, 1.82) is 0 Å². The lowest BCUT2D eigenvalue weighted by molar-refractivity contribution is -0.150. The van der Waals surface area contributed by atoms with Crippen LogP contribution < -0.4 is 0 Å². The maximum absolute atomic E-state index is 12.2. The standard InChI is InChI=1S/C15H15Cl2N3O2/c1-15(2)9(7-12(16)17)13(15)14(21)22-8-20-11-6-4-3-5-10(11)18-19-20/h3-7,9,13H,8H2,1-2H3. The molecule has 2 atom stereocenters. The molecule has 0 saturated heterocycles. The fourth-order valence-corrected chi connectivity index (χ4v) is 3.07. The van der Waals surface area contributed by atoms with Gasteiger partial charge in [-0.2, -0.15) is 0 Å². The Hall–Kier alpha value is -1.59. The minimum atomic E-state index is -0.277. The third kappa shape index (κ3) is 2.71. The number of halogens is 2. The van der Waals surface area contributed by atoms with E-state index in [1.54, 1.807) is 10.8 Å². The van der Waals surface area contributed by atoms with E-state index in [1.807, 2.05) is 38.1 Å². The summed E-state index contributed by atoms with van der Waals surface area (Å²) in [5.41, 5.74) is 1.39. The summed E-state index contributed by atoms with van der Waals surface area (Å²) in [6.45, 7) is 4.01. The Morgan fingerprint density at radius 2 is 2.14 bits per heavy atom. The van der Waals surface area contributed by atoms with Crippen LogP contribution in [0, 0.1) is 17.3 Å². The van der Waals surface area contributed by atoms with Crippen molar-refractivity contribution in [2.24, 2.45) is 17.3 Å². The van der Waals surface area contributed by atoms with Gasteiger partial charge < -0.3 is 4.74 Å². The number of nitrogens with zero attached hydrogens (tertiary/aromatic N) is 3. The zero-order valence-electron chi connectivity index (χ0n) is 12.2. The maximum atomic E-state index is 12.2. The van der Waals surface area contributed by atoms with Gasteiger partial charge in [-0.25, -0.2) is 4.68 Å². The summed E-state index contributed by atoms with van der Waals surface area (Å²) < 4.78 is 7.11. The van der Waals surface area contributed by atoms with Crippen molar-refractivity contribution in [2.75, 3.05) is 0 Å². The van der Waals surface area contributed by atoms with Gasteiger partial charge in [-0.05, 0) is 29.5 Å². The largest absolute Gasteiger partial charge is 0.442 e. The molecule has 7 heteroatoms. The molecule has 22 heavy (non-hydrogen) atoms. The zero-order valence-corrected chi connectivity index (χ0v) is 13.7. The van der Waals surface area contributed by atoms with E-state index in [0.29, 0.717) is 0 Å². The molecule has 2 aromatic rings. The minimum absolute atomic E-state index is 0.00232. The number of rotatable bonds is 4. The van der Waals surface area contributed by atoms with Crippen LogP contribution in [0.25, 0.3) is 11.0 Å². The van der Waals surface area contributed by atoms with Crippen LogP contribution in [0.5, 0.6) is 0 Å². The first kappa shape index (κ1) is 15.3. The Bertz CT molecular complexity index is 750. The quantitative estimate of drug-likeness (QED) is 0.799. The molecule has 1 aliphatic carbocycles. The van der Waals surface area contributed by atoms with E-state index >= 15 is 0 Å². The highest BCUT2D eigenvalue weighted by molar-refractivity contribution is 6.55. The van der Waals surface area contributed by atoms with E-state index in [2.05, 4.69) is 10.3 Å². The molecule has 3 rings (SSSR count). The Labute approximate surface area is 137 Å². The summed E-state index contributed by atoms with van der Waals surface area (Å²) in [6.07, 6.45) is 1.69. The summed E-state index contributed by atoms with van der Waals surface area (Å²) in [4.78, 5) is 12.2. The van der Waals surface area contributed by atoms with Crippen molar-refractivity contribution in [3.63, 3.8) is 0 Å². The van der Waals surface area contributed by atoms with Gasteiger partial charge in [-0.1, -0.05) is 54.4 Å². The van der Waals surface area contributed by atoms with E-state index in [1.165, 1.54) is 0 Å². The van der Waals surface area contributed by atoms with Crippen LogP contribution >= 0.6 is 23.2 Å². The van der Waals surface area contributed by atoms with Gasteiger partial charge in [-0.3, -0.25) is 4.79 Å². The Kier molecular flexibility index (Phi) is 3.87. The van der Waals surface area contributed by atoms with Crippen LogP contribution in [0.15, 0.2) is 34.8 Å². The van der Waals surface area contributed by atoms with Crippen molar-refractivity contribution in [3.8, 4) is 0 Å². The van der Waals surface area contributed by atoms with E-state index < -0.39 is 0 Å². The first-order valence-corrected chi connectivity index (χ1v) is 7.64. The average molecular weight is 340 g/mol. The first-order valence-electron chi connectivity index (χ1n) is 6.89. The molecule has 1 fully saturated rings. The molecule has 1 saturated carbocycles. The number of para-hydroxylation sites is 1. The molecule has 2 unspecified atom stereocenters. The Morgan fingerprint density at radius 1 is 1.41 bits per heavy atom. The molecule has 5 nitrogen and oxygen atoms in total. The number of carbonyl (C=O) groups excluding carboxylic acids is 1. The van der Waals surface area contributed by atoms with Crippen LogP contribution in [-0.2, 0) is 16.3 Å². The molecule has 1 aromatic heterocycles. The molecule has 0 amide bonds. The lowest BCUT2D eigenvalue weighted by Crippen LogP contribution is -2.14. The number of fused-ring (bicyclic) bond motifs is 1. The second-order valence-electron chi connectivity index (χ2n) is 5.95. The van der Waals surface area contributed by atoms with Gasteiger partial charge in [0.25, 0.3) is 0 Å². The van der Waals surface area contributed by atoms with Crippen molar-refractivity contribution in [2.45, 2.75) is 20.6 Å². The van der Waals surface area contributed by atoms with E-state index in [9.17, 15) is 4.79 Å². The van der Waals surface area contributed by atoms with Gasteiger partial charge in [0.15, 0.2) is 6.73 Å². The van der Waals surface area contributed by atoms with Gasteiger partial charge in [0.1, 0.15) is 10.0 Å².